The van der Waals surface area contributed by atoms with Crippen molar-refractivity contribution in [3.63, 3.8) is 0 Å². The third kappa shape index (κ3) is 8.37. The summed E-state index contributed by atoms with van der Waals surface area (Å²) >= 11 is 0. The molecule has 14 heteroatoms. The van der Waals surface area contributed by atoms with Gasteiger partial charge in [0.1, 0.15) is 18.1 Å². The van der Waals surface area contributed by atoms with Gasteiger partial charge in [0.05, 0.1) is 12.5 Å². The summed E-state index contributed by atoms with van der Waals surface area (Å²) in [5.41, 5.74) is 16.2. The van der Waals surface area contributed by atoms with Crippen molar-refractivity contribution in [2.45, 2.75) is 63.2 Å². The quantitative estimate of drug-likeness (QED) is 0.0884. The predicted molar refractivity (Wildman–Crippen MR) is 112 cm³/mol. The largest absolute Gasteiger partial charge is 0.481 e. The zero-order valence-electron chi connectivity index (χ0n) is 17.8. The summed E-state index contributed by atoms with van der Waals surface area (Å²) in [6.07, 6.45) is 0.635. The molecule has 0 bridgehead atoms. The van der Waals surface area contributed by atoms with Crippen molar-refractivity contribution in [2.24, 2.45) is 22.2 Å². The number of amides is 3. The van der Waals surface area contributed by atoms with Gasteiger partial charge in [-0.3, -0.25) is 24.2 Å². The molecule has 0 radical (unpaired) electrons. The Hall–Kier alpha value is -3.42. The molecule has 1 saturated heterocycles. The van der Waals surface area contributed by atoms with Gasteiger partial charge < -0.3 is 42.9 Å². The molecule has 1 heterocycles. The topological polar surface area (TPSA) is 244 Å². The fourth-order valence-electron chi connectivity index (χ4n) is 3.20. The fraction of sp³-hybridized carbons (Fsp3) is 0.667. The molecule has 180 valence electrons. The van der Waals surface area contributed by atoms with E-state index in [4.69, 9.17) is 22.3 Å². The summed E-state index contributed by atoms with van der Waals surface area (Å²) in [6, 6.07) is -4.61. The average molecular weight is 457 g/mol. The van der Waals surface area contributed by atoms with E-state index in [1.165, 1.54) is 6.92 Å². The van der Waals surface area contributed by atoms with Gasteiger partial charge in [-0.2, -0.15) is 0 Å². The average Bonchev–Trinajstić information content (AvgIpc) is 3.19. The Morgan fingerprint density at radius 3 is 2.34 bits per heavy atom. The molecule has 0 aliphatic carbocycles. The number of hydrogen-bond acceptors (Lipinski definition) is 7. The molecule has 0 aromatic carbocycles. The van der Waals surface area contributed by atoms with Gasteiger partial charge in [0.2, 0.25) is 17.7 Å². The molecule has 1 aliphatic heterocycles. The van der Waals surface area contributed by atoms with Crippen LogP contribution in [0.1, 0.15) is 39.0 Å². The maximum Gasteiger partial charge on any atom is 0.326 e. The Kier molecular flexibility index (Phi) is 10.3. The first-order valence-corrected chi connectivity index (χ1v) is 10.1. The standard InChI is InChI=1S/C18H31N7O7/c1-9(23-15(29)10(19)4-2-6-22-18(20)21)14(28)24-11(8-13(26)27)16(30)25-7-3-5-12(25)17(31)32/h9-12H,2-8,19H2,1H3,(H,23,29)(H,24,28)(H,26,27)(H,31,32)(H4,20,21,22). The Morgan fingerprint density at radius 2 is 1.78 bits per heavy atom. The number of hydrogen-bond donors (Lipinski definition) is 7. The number of likely N-dealkylation sites (tertiary alicyclic amines) is 1. The highest BCUT2D eigenvalue weighted by molar-refractivity contribution is 5.95. The first-order chi connectivity index (χ1) is 14.9. The van der Waals surface area contributed by atoms with Crippen LogP contribution in [0.2, 0.25) is 0 Å². The molecule has 10 N–H and O–H groups in total. The van der Waals surface area contributed by atoms with Crippen molar-refractivity contribution in [3.05, 3.63) is 0 Å². The number of guanidine groups is 1. The van der Waals surface area contributed by atoms with E-state index in [2.05, 4.69) is 15.6 Å². The molecule has 0 aromatic heterocycles. The number of rotatable bonds is 12. The van der Waals surface area contributed by atoms with E-state index in [1.54, 1.807) is 0 Å². The van der Waals surface area contributed by atoms with E-state index in [1.807, 2.05) is 0 Å². The number of carbonyl (C=O) groups excluding carboxylic acids is 3. The van der Waals surface area contributed by atoms with Gasteiger partial charge >= 0.3 is 11.9 Å². The lowest BCUT2D eigenvalue weighted by Gasteiger charge is -2.27. The zero-order chi connectivity index (χ0) is 24.4. The van der Waals surface area contributed by atoms with Gasteiger partial charge in [-0.15, -0.1) is 0 Å². The van der Waals surface area contributed by atoms with Gasteiger partial charge in [-0.05, 0) is 32.6 Å². The first-order valence-electron chi connectivity index (χ1n) is 10.1. The number of aliphatic imine (C=N–C) groups is 1. The van der Waals surface area contributed by atoms with Crippen LogP contribution in [0.3, 0.4) is 0 Å². The minimum Gasteiger partial charge on any atom is -0.481 e. The molecular weight excluding hydrogens is 426 g/mol. The third-order valence-electron chi connectivity index (χ3n) is 4.87. The van der Waals surface area contributed by atoms with Gasteiger partial charge in [0.25, 0.3) is 0 Å². The molecule has 1 aliphatic rings. The van der Waals surface area contributed by atoms with Crippen LogP contribution >= 0.6 is 0 Å². The molecule has 4 atom stereocenters. The highest BCUT2D eigenvalue weighted by Gasteiger charge is 2.38. The maximum absolute atomic E-state index is 12.7. The first kappa shape index (κ1) is 26.6. The second-order valence-corrected chi connectivity index (χ2v) is 7.47. The van der Waals surface area contributed by atoms with Gasteiger partial charge in [0, 0.05) is 13.1 Å². The van der Waals surface area contributed by atoms with E-state index in [0.717, 1.165) is 4.90 Å². The van der Waals surface area contributed by atoms with Crippen LogP contribution in [-0.2, 0) is 24.0 Å². The smallest absolute Gasteiger partial charge is 0.326 e. The molecule has 1 rings (SSSR count). The second kappa shape index (κ2) is 12.4. The molecule has 32 heavy (non-hydrogen) atoms. The molecule has 0 aromatic rings. The molecule has 4 unspecified atom stereocenters. The third-order valence-corrected chi connectivity index (χ3v) is 4.87. The number of nitrogens with two attached hydrogens (primary N) is 3. The summed E-state index contributed by atoms with van der Waals surface area (Å²) in [6.45, 7) is 1.77. The Labute approximate surface area is 184 Å². The van der Waals surface area contributed by atoms with Crippen LogP contribution in [-0.4, -0.2) is 88.0 Å². The van der Waals surface area contributed by atoms with Crippen molar-refractivity contribution < 1.29 is 34.2 Å². The SMILES string of the molecule is CC(NC(=O)C(N)CCCN=C(N)N)C(=O)NC(CC(=O)O)C(=O)N1CCCC1C(=O)O. The second-order valence-electron chi connectivity index (χ2n) is 7.47. The highest BCUT2D eigenvalue weighted by Crippen LogP contribution is 2.19. The van der Waals surface area contributed by atoms with E-state index >= 15 is 0 Å². The predicted octanol–water partition coefficient (Wildman–Crippen LogP) is -3.09. The lowest BCUT2D eigenvalue weighted by Crippen LogP contribution is -2.56. The normalized spacial score (nSPS) is 18.2. The maximum atomic E-state index is 12.7. The Bertz CT molecular complexity index is 754. The Morgan fingerprint density at radius 1 is 1.12 bits per heavy atom. The monoisotopic (exact) mass is 457 g/mol. The van der Waals surface area contributed by atoms with E-state index in [9.17, 15) is 29.1 Å². The van der Waals surface area contributed by atoms with Crippen molar-refractivity contribution in [1.82, 2.24) is 15.5 Å². The van der Waals surface area contributed by atoms with Gasteiger partial charge in [-0.1, -0.05) is 0 Å². The van der Waals surface area contributed by atoms with E-state index in [-0.39, 0.29) is 31.9 Å². The summed E-state index contributed by atoms with van der Waals surface area (Å²) in [7, 11) is 0. The van der Waals surface area contributed by atoms with Crippen LogP contribution < -0.4 is 27.8 Å². The van der Waals surface area contributed by atoms with Crippen molar-refractivity contribution in [2.75, 3.05) is 13.1 Å². The van der Waals surface area contributed by atoms with Crippen LogP contribution in [0.4, 0.5) is 0 Å². The number of carbonyl (C=O) groups is 5. The van der Waals surface area contributed by atoms with Crippen LogP contribution in [0, 0.1) is 0 Å². The number of nitrogens with zero attached hydrogens (tertiary/aromatic N) is 2. The molecule has 3 amide bonds. The lowest BCUT2D eigenvalue weighted by atomic mass is 10.1. The number of aliphatic carboxylic acids is 2. The van der Waals surface area contributed by atoms with Crippen LogP contribution in [0.15, 0.2) is 4.99 Å². The summed E-state index contributed by atoms with van der Waals surface area (Å²) < 4.78 is 0. The minimum atomic E-state index is -1.48. The Balaban J connectivity index is 2.70. The summed E-state index contributed by atoms with van der Waals surface area (Å²) in [5.74, 6) is -4.87. The molecule has 14 nitrogen and oxygen atoms in total. The summed E-state index contributed by atoms with van der Waals surface area (Å²) in [4.78, 5) is 64.7. The molecule has 0 saturated carbocycles. The minimum absolute atomic E-state index is 0.0811. The molecule has 0 spiro atoms. The van der Waals surface area contributed by atoms with Crippen molar-refractivity contribution >= 4 is 35.6 Å². The van der Waals surface area contributed by atoms with Crippen molar-refractivity contribution in [1.29, 1.82) is 0 Å². The number of nitrogens with one attached hydrogen (secondary N) is 2. The molecule has 1 fully saturated rings. The van der Waals surface area contributed by atoms with Crippen LogP contribution in [0.25, 0.3) is 0 Å². The van der Waals surface area contributed by atoms with E-state index < -0.39 is 60.2 Å². The highest BCUT2D eigenvalue weighted by atomic mass is 16.4. The number of carboxylic acid groups (broad SMARTS) is 2. The summed E-state index contributed by atoms with van der Waals surface area (Å²) in [5, 5.41) is 23.0. The van der Waals surface area contributed by atoms with Crippen LogP contribution in [0.5, 0.6) is 0 Å². The van der Waals surface area contributed by atoms with Gasteiger partial charge in [-0.25, -0.2) is 4.79 Å². The van der Waals surface area contributed by atoms with Gasteiger partial charge in [0.15, 0.2) is 5.96 Å². The van der Waals surface area contributed by atoms with E-state index in [0.29, 0.717) is 12.8 Å². The fourth-order valence-corrected chi connectivity index (χ4v) is 3.20. The lowest BCUT2D eigenvalue weighted by molar-refractivity contribution is -0.150. The number of carboxylic acids is 2. The van der Waals surface area contributed by atoms with Crippen molar-refractivity contribution in [3.8, 4) is 0 Å². The molecular formula is C18H31N7O7. The zero-order valence-corrected chi connectivity index (χ0v) is 17.8.